The maximum atomic E-state index is 9.18. The van der Waals surface area contributed by atoms with Gasteiger partial charge in [0.1, 0.15) is 12.4 Å². The minimum Gasteiger partial charge on any atom is -1.00 e. The Bertz CT molecular complexity index is 610. The second-order valence-electron chi connectivity index (χ2n) is 5.75. The van der Waals surface area contributed by atoms with Gasteiger partial charge >= 0.3 is 0 Å². The molecule has 7 heteroatoms. The van der Waals surface area contributed by atoms with E-state index < -0.39 is 0 Å². The van der Waals surface area contributed by atoms with Gasteiger partial charge in [-0.05, 0) is 30.7 Å². The zero-order valence-corrected chi connectivity index (χ0v) is 17.0. The Morgan fingerprint density at radius 3 is 2.35 bits per heavy atom. The lowest BCUT2D eigenvalue weighted by molar-refractivity contribution is -0.00100. The molecule has 0 saturated heterocycles. The lowest BCUT2D eigenvalue weighted by Crippen LogP contribution is -3.00. The van der Waals surface area contributed by atoms with Crippen molar-refractivity contribution in [2.75, 3.05) is 19.6 Å². The van der Waals surface area contributed by atoms with Gasteiger partial charge in [0.15, 0.2) is 0 Å². The summed E-state index contributed by atoms with van der Waals surface area (Å²) in [5, 5.41) is 16.5. The molecule has 0 fully saturated rings. The van der Waals surface area contributed by atoms with Crippen LogP contribution in [0.2, 0.25) is 5.02 Å². The Hall–Kier alpha value is -1.01. The summed E-state index contributed by atoms with van der Waals surface area (Å²) in [6, 6.07) is 15.7. The second-order valence-corrected chi connectivity index (χ2v) is 6.19. The molecule has 0 aliphatic rings. The maximum absolute atomic E-state index is 9.18. The number of hydrogen-bond donors (Lipinski definition) is 3. The second kappa shape index (κ2) is 14.1. The average Bonchev–Trinajstić information content (AvgIpc) is 2.58. The number of ether oxygens (including phenoxy) is 1. The van der Waals surface area contributed by atoms with Crippen molar-refractivity contribution in [3.8, 4) is 5.75 Å². The molecule has 3 N–H and O–H groups in total. The molecule has 0 aliphatic carbocycles. The largest absolute Gasteiger partial charge is 1.00 e. The molecule has 0 aromatic heterocycles. The van der Waals surface area contributed by atoms with Crippen LogP contribution in [0.4, 0.5) is 0 Å². The summed E-state index contributed by atoms with van der Waals surface area (Å²) in [5.41, 5.74) is 2.21. The number of para-hydroxylation sites is 1. The van der Waals surface area contributed by atoms with Crippen LogP contribution in [0.1, 0.15) is 18.1 Å². The van der Waals surface area contributed by atoms with Gasteiger partial charge in [0, 0.05) is 36.8 Å². The van der Waals surface area contributed by atoms with E-state index in [4.69, 9.17) is 16.3 Å². The highest BCUT2D eigenvalue weighted by Crippen LogP contribution is 2.19. The van der Waals surface area contributed by atoms with Crippen molar-refractivity contribution in [1.82, 2.24) is 10.6 Å². The first-order valence-electron chi connectivity index (χ1n) is 8.20. The van der Waals surface area contributed by atoms with Crippen LogP contribution in [-0.4, -0.2) is 30.8 Å². The Labute approximate surface area is 173 Å². The third kappa shape index (κ3) is 9.62. The van der Waals surface area contributed by atoms with E-state index in [0.29, 0.717) is 13.2 Å². The number of hydrogen-bond acceptors (Lipinski definition) is 4. The van der Waals surface area contributed by atoms with Gasteiger partial charge in [0.25, 0.3) is 0 Å². The predicted molar refractivity (Wildman–Crippen MR) is 98.5 cm³/mol. The van der Waals surface area contributed by atoms with Crippen LogP contribution in [0, 0.1) is 0 Å². The van der Waals surface area contributed by atoms with E-state index in [1.807, 2.05) is 42.5 Å². The van der Waals surface area contributed by atoms with Crippen LogP contribution in [0.15, 0.2) is 48.5 Å². The molecule has 0 aliphatic heterocycles. The monoisotopic (exact) mass is 418 g/mol. The summed E-state index contributed by atoms with van der Waals surface area (Å²) in [4.78, 5) is 0. The zero-order valence-electron chi connectivity index (χ0n) is 14.7. The van der Waals surface area contributed by atoms with E-state index in [9.17, 15) is 5.11 Å². The Balaban J connectivity index is 0.00000312. The van der Waals surface area contributed by atoms with E-state index in [1.165, 1.54) is 0 Å². The molecule has 0 radical (unpaired) electrons. The standard InChI is InChI=1S/C19H25ClN2O2.2ClH/c1-15(23)12-21-10-11-22-13-17-4-2-3-5-19(17)24-14-16-6-8-18(20)9-7-16;;/h2-9,15,21-23H,10-14H2,1H3;2*1H/p-2. The first-order chi connectivity index (χ1) is 11.6. The molecule has 1 unspecified atom stereocenters. The van der Waals surface area contributed by atoms with E-state index in [-0.39, 0.29) is 30.9 Å². The first kappa shape index (κ1) is 25.0. The van der Waals surface area contributed by atoms with Crippen molar-refractivity contribution in [2.45, 2.75) is 26.2 Å². The van der Waals surface area contributed by atoms with Gasteiger partial charge in [-0.3, -0.25) is 0 Å². The summed E-state index contributed by atoms with van der Waals surface area (Å²) in [7, 11) is 0. The average molecular weight is 420 g/mol. The van der Waals surface area contributed by atoms with Crippen molar-refractivity contribution in [2.24, 2.45) is 0 Å². The molecule has 146 valence electrons. The summed E-state index contributed by atoms with van der Waals surface area (Å²) in [6.07, 6.45) is -0.313. The SMILES string of the molecule is CC(O)CNCCNCc1ccccc1OCc1ccc(Cl)cc1.[Cl-].[Cl-]. The third-order valence-corrected chi connectivity index (χ3v) is 3.77. The van der Waals surface area contributed by atoms with Crippen LogP contribution in [0.25, 0.3) is 0 Å². The van der Waals surface area contributed by atoms with Gasteiger partial charge in [-0.25, -0.2) is 0 Å². The van der Waals surface area contributed by atoms with E-state index in [1.54, 1.807) is 6.92 Å². The molecule has 0 bridgehead atoms. The highest BCUT2D eigenvalue weighted by Gasteiger charge is 2.03. The molecule has 2 aromatic carbocycles. The Kier molecular flexibility index (Phi) is 13.6. The molecular formula is C19H25Cl3N2O2-2. The fourth-order valence-corrected chi connectivity index (χ4v) is 2.37. The van der Waals surface area contributed by atoms with E-state index in [2.05, 4.69) is 16.7 Å². The van der Waals surface area contributed by atoms with Gasteiger partial charge in [0.05, 0.1) is 6.10 Å². The lowest BCUT2D eigenvalue weighted by Gasteiger charge is -2.13. The van der Waals surface area contributed by atoms with Crippen molar-refractivity contribution in [1.29, 1.82) is 0 Å². The smallest absolute Gasteiger partial charge is 0.124 e. The molecule has 0 amide bonds. The highest BCUT2D eigenvalue weighted by molar-refractivity contribution is 6.30. The third-order valence-electron chi connectivity index (χ3n) is 3.51. The van der Waals surface area contributed by atoms with Crippen molar-refractivity contribution >= 4 is 11.6 Å². The maximum Gasteiger partial charge on any atom is 0.124 e. The minimum atomic E-state index is -0.313. The summed E-state index contributed by atoms with van der Waals surface area (Å²) in [5.74, 6) is 0.886. The number of benzene rings is 2. The lowest BCUT2D eigenvalue weighted by atomic mass is 10.2. The number of nitrogens with one attached hydrogen (secondary N) is 2. The van der Waals surface area contributed by atoms with Crippen LogP contribution in [-0.2, 0) is 13.2 Å². The fraction of sp³-hybridized carbons (Fsp3) is 0.368. The van der Waals surface area contributed by atoms with Crippen molar-refractivity contribution < 1.29 is 34.7 Å². The van der Waals surface area contributed by atoms with Crippen molar-refractivity contribution in [3.63, 3.8) is 0 Å². The summed E-state index contributed by atoms with van der Waals surface area (Å²) < 4.78 is 5.94. The molecule has 0 spiro atoms. The molecular weight excluding hydrogens is 395 g/mol. The Morgan fingerprint density at radius 2 is 1.65 bits per heavy atom. The zero-order chi connectivity index (χ0) is 17.2. The minimum absolute atomic E-state index is 0. The quantitative estimate of drug-likeness (QED) is 0.359. The summed E-state index contributed by atoms with van der Waals surface area (Å²) >= 11 is 5.90. The van der Waals surface area contributed by atoms with Crippen LogP contribution < -0.4 is 40.2 Å². The fourth-order valence-electron chi connectivity index (χ4n) is 2.24. The molecule has 4 nitrogen and oxygen atoms in total. The predicted octanol–water partition coefficient (Wildman–Crippen LogP) is -3.01. The molecule has 2 rings (SSSR count). The van der Waals surface area contributed by atoms with Gasteiger partial charge < -0.3 is 45.3 Å². The van der Waals surface area contributed by atoms with E-state index >= 15 is 0 Å². The molecule has 1 atom stereocenters. The van der Waals surface area contributed by atoms with Gasteiger partial charge in [-0.1, -0.05) is 41.9 Å². The van der Waals surface area contributed by atoms with Crippen LogP contribution >= 0.6 is 11.6 Å². The molecule has 2 aromatic rings. The number of aliphatic hydroxyl groups excluding tert-OH is 1. The first-order valence-corrected chi connectivity index (χ1v) is 8.57. The number of rotatable bonds is 10. The van der Waals surface area contributed by atoms with Crippen LogP contribution in [0.3, 0.4) is 0 Å². The van der Waals surface area contributed by atoms with Crippen molar-refractivity contribution in [3.05, 3.63) is 64.7 Å². The van der Waals surface area contributed by atoms with Gasteiger partial charge in [-0.15, -0.1) is 0 Å². The Morgan fingerprint density at radius 1 is 1.00 bits per heavy atom. The molecule has 26 heavy (non-hydrogen) atoms. The molecule has 0 saturated carbocycles. The number of aliphatic hydroxyl groups is 1. The topological polar surface area (TPSA) is 53.5 Å². The molecule has 0 heterocycles. The van der Waals surface area contributed by atoms with Gasteiger partial charge in [-0.2, -0.15) is 0 Å². The van der Waals surface area contributed by atoms with E-state index in [0.717, 1.165) is 41.5 Å². The normalized spacial score (nSPS) is 11.2. The highest BCUT2D eigenvalue weighted by atomic mass is 35.5. The number of halogens is 3. The van der Waals surface area contributed by atoms with Gasteiger partial charge in [0.2, 0.25) is 0 Å². The van der Waals surface area contributed by atoms with Crippen LogP contribution in [0.5, 0.6) is 5.75 Å². The summed E-state index contributed by atoms with van der Waals surface area (Å²) in [6.45, 7) is 5.30.